The third kappa shape index (κ3) is 3.96. The highest BCUT2D eigenvalue weighted by Gasteiger charge is 2.26. The Balaban J connectivity index is 2.12. The first-order chi connectivity index (χ1) is 9.53. The van der Waals surface area contributed by atoms with Gasteiger partial charge in [0.15, 0.2) is 0 Å². The summed E-state index contributed by atoms with van der Waals surface area (Å²) in [6, 6.07) is 6.42. The van der Waals surface area contributed by atoms with Crippen LogP contribution in [-0.4, -0.2) is 26.4 Å². The molecule has 0 bridgehead atoms. The number of hydrogen-bond donors (Lipinski definition) is 1. The molecule has 1 N–H and O–H groups in total. The maximum atomic E-state index is 12.4. The number of hydrogen-bond acceptors (Lipinski definition) is 3. The Hall–Kier alpha value is -0.590. The summed E-state index contributed by atoms with van der Waals surface area (Å²) < 4.78 is 32.6. The van der Waals surface area contributed by atoms with E-state index in [4.69, 9.17) is 4.74 Å². The third-order valence-electron chi connectivity index (χ3n) is 3.61. The molecule has 0 saturated heterocycles. The maximum Gasteiger partial charge on any atom is 0.240 e. The summed E-state index contributed by atoms with van der Waals surface area (Å²) in [5, 5.41) is 0. The van der Waals surface area contributed by atoms with Crippen LogP contribution in [0.3, 0.4) is 0 Å². The van der Waals surface area contributed by atoms with Gasteiger partial charge in [0.2, 0.25) is 10.0 Å². The lowest BCUT2D eigenvalue weighted by molar-refractivity contribution is 0.414. The summed E-state index contributed by atoms with van der Waals surface area (Å²) in [5.74, 6) is 0.650. The van der Waals surface area contributed by atoms with Crippen LogP contribution in [0, 0.1) is 0 Å². The van der Waals surface area contributed by atoms with Gasteiger partial charge in [-0.1, -0.05) is 35.2 Å². The van der Waals surface area contributed by atoms with E-state index in [2.05, 4.69) is 20.7 Å². The molecule has 6 heteroatoms. The molecule has 1 aromatic carbocycles. The minimum absolute atomic E-state index is 0.0374. The first-order valence-corrected chi connectivity index (χ1v) is 9.23. The summed E-state index contributed by atoms with van der Waals surface area (Å²) in [7, 11) is -1.91. The largest absolute Gasteiger partial charge is 0.497 e. The first-order valence-electron chi connectivity index (χ1n) is 6.83. The van der Waals surface area contributed by atoms with E-state index in [0.29, 0.717) is 5.75 Å². The Morgan fingerprint density at radius 2 is 1.80 bits per heavy atom. The summed E-state index contributed by atoms with van der Waals surface area (Å²) in [6.45, 7) is 0. The van der Waals surface area contributed by atoms with E-state index >= 15 is 0 Å². The number of nitrogens with one attached hydrogen (secondary N) is 1. The summed E-state index contributed by atoms with van der Waals surface area (Å²) >= 11 is 3.61. The second-order valence-electron chi connectivity index (χ2n) is 5.06. The van der Waals surface area contributed by atoms with Crippen LogP contribution in [0.5, 0.6) is 5.75 Å². The molecule has 2 rings (SSSR count). The number of alkyl halides is 1. The van der Waals surface area contributed by atoms with E-state index in [-0.39, 0.29) is 15.8 Å². The van der Waals surface area contributed by atoms with E-state index in [1.165, 1.54) is 6.42 Å². The van der Waals surface area contributed by atoms with Gasteiger partial charge >= 0.3 is 0 Å². The standard InChI is InChI=1S/C14H20BrNO3S/c1-19-11-7-9-12(10-8-11)20(17,18)16-14-6-4-2-3-5-13(14)15/h7-10,13-14,16H,2-6H2,1H3. The molecule has 1 aromatic rings. The molecule has 1 fully saturated rings. The first kappa shape index (κ1) is 15.8. The van der Waals surface area contributed by atoms with Crippen LogP contribution in [0.2, 0.25) is 0 Å². The molecular weight excluding hydrogens is 342 g/mol. The quantitative estimate of drug-likeness (QED) is 0.662. The zero-order chi connectivity index (χ0) is 14.6. The van der Waals surface area contributed by atoms with E-state index in [0.717, 1.165) is 25.7 Å². The molecule has 0 heterocycles. The van der Waals surface area contributed by atoms with Crippen molar-refractivity contribution < 1.29 is 13.2 Å². The van der Waals surface area contributed by atoms with Crippen LogP contribution in [0.4, 0.5) is 0 Å². The molecule has 1 aliphatic rings. The van der Waals surface area contributed by atoms with Crippen LogP contribution < -0.4 is 9.46 Å². The van der Waals surface area contributed by atoms with Crippen LogP contribution >= 0.6 is 15.9 Å². The van der Waals surface area contributed by atoms with Crippen molar-refractivity contribution in [3.05, 3.63) is 24.3 Å². The SMILES string of the molecule is COc1ccc(S(=O)(=O)NC2CCCCCC2Br)cc1. The van der Waals surface area contributed by atoms with Crippen molar-refractivity contribution in [3.63, 3.8) is 0 Å². The highest BCUT2D eigenvalue weighted by atomic mass is 79.9. The molecule has 0 aliphatic heterocycles. The lowest BCUT2D eigenvalue weighted by Gasteiger charge is -2.21. The van der Waals surface area contributed by atoms with Gasteiger partial charge in [-0.05, 0) is 37.1 Å². The summed E-state index contributed by atoms with van der Waals surface area (Å²) in [5.41, 5.74) is 0. The van der Waals surface area contributed by atoms with Crippen molar-refractivity contribution in [2.45, 2.75) is 47.9 Å². The van der Waals surface area contributed by atoms with Crippen LogP contribution in [0.1, 0.15) is 32.1 Å². The van der Waals surface area contributed by atoms with Crippen molar-refractivity contribution in [2.24, 2.45) is 0 Å². The predicted octanol–water partition coefficient (Wildman–Crippen LogP) is 3.07. The van der Waals surface area contributed by atoms with Gasteiger partial charge in [0, 0.05) is 10.9 Å². The highest BCUT2D eigenvalue weighted by molar-refractivity contribution is 9.09. The molecule has 0 aromatic heterocycles. The number of halogens is 1. The minimum Gasteiger partial charge on any atom is -0.497 e. The van der Waals surface area contributed by atoms with Crippen molar-refractivity contribution in [1.82, 2.24) is 4.72 Å². The maximum absolute atomic E-state index is 12.4. The Kier molecular flexibility index (Phi) is 5.46. The van der Waals surface area contributed by atoms with Gasteiger partial charge in [0.25, 0.3) is 0 Å². The zero-order valence-corrected chi connectivity index (χ0v) is 13.9. The van der Waals surface area contributed by atoms with Crippen molar-refractivity contribution in [1.29, 1.82) is 0 Å². The molecule has 0 amide bonds. The fraction of sp³-hybridized carbons (Fsp3) is 0.571. The van der Waals surface area contributed by atoms with Gasteiger partial charge < -0.3 is 4.74 Å². The summed E-state index contributed by atoms with van der Waals surface area (Å²) in [6.07, 6.45) is 5.28. The number of rotatable bonds is 4. The molecule has 4 nitrogen and oxygen atoms in total. The molecule has 112 valence electrons. The number of methoxy groups -OCH3 is 1. The Morgan fingerprint density at radius 3 is 2.45 bits per heavy atom. The van der Waals surface area contributed by atoms with Crippen molar-refractivity contribution >= 4 is 26.0 Å². The van der Waals surface area contributed by atoms with Crippen molar-refractivity contribution in [2.75, 3.05) is 7.11 Å². The van der Waals surface area contributed by atoms with Crippen LogP contribution in [0.25, 0.3) is 0 Å². The van der Waals surface area contributed by atoms with Crippen LogP contribution in [0.15, 0.2) is 29.2 Å². The van der Waals surface area contributed by atoms with Gasteiger partial charge in [-0.15, -0.1) is 0 Å². The van der Waals surface area contributed by atoms with Gasteiger partial charge in [0.1, 0.15) is 5.75 Å². The lowest BCUT2D eigenvalue weighted by atomic mass is 10.1. The fourth-order valence-corrected chi connectivity index (χ4v) is 4.62. The number of benzene rings is 1. The van der Waals surface area contributed by atoms with Gasteiger partial charge in [-0.2, -0.15) is 0 Å². The Bertz CT molecular complexity index is 530. The van der Waals surface area contributed by atoms with E-state index in [1.807, 2.05) is 0 Å². The molecule has 2 unspecified atom stereocenters. The highest BCUT2D eigenvalue weighted by Crippen LogP contribution is 2.25. The van der Waals surface area contributed by atoms with Gasteiger partial charge in [-0.3, -0.25) is 0 Å². The normalized spacial score (nSPS) is 24.1. The summed E-state index contributed by atoms with van der Waals surface area (Å²) in [4.78, 5) is 0.486. The molecule has 0 radical (unpaired) electrons. The minimum atomic E-state index is -3.47. The molecule has 0 spiro atoms. The molecular formula is C14H20BrNO3S. The topological polar surface area (TPSA) is 55.4 Å². The van der Waals surface area contributed by atoms with Gasteiger partial charge in [-0.25, -0.2) is 13.1 Å². The van der Waals surface area contributed by atoms with E-state index in [9.17, 15) is 8.42 Å². The average Bonchev–Trinajstić information content (AvgIpc) is 2.64. The zero-order valence-electron chi connectivity index (χ0n) is 11.5. The average molecular weight is 362 g/mol. The predicted molar refractivity (Wildman–Crippen MR) is 82.9 cm³/mol. The molecule has 1 saturated carbocycles. The lowest BCUT2D eigenvalue weighted by Crippen LogP contribution is -2.40. The molecule has 2 atom stereocenters. The third-order valence-corrected chi connectivity index (χ3v) is 6.21. The second-order valence-corrected chi connectivity index (χ2v) is 7.95. The monoisotopic (exact) mass is 361 g/mol. The Labute approximate surface area is 129 Å². The Morgan fingerprint density at radius 1 is 1.15 bits per heavy atom. The van der Waals surface area contributed by atoms with E-state index in [1.54, 1.807) is 31.4 Å². The van der Waals surface area contributed by atoms with E-state index < -0.39 is 10.0 Å². The molecule has 1 aliphatic carbocycles. The van der Waals surface area contributed by atoms with Gasteiger partial charge in [0.05, 0.1) is 12.0 Å². The van der Waals surface area contributed by atoms with Crippen molar-refractivity contribution in [3.8, 4) is 5.75 Å². The molecule has 20 heavy (non-hydrogen) atoms. The van der Waals surface area contributed by atoms with Crippen LogP contribution in [-0.2, 0) is 10.0 Å². The number of ether oxygens (including phenoxy) is 1. The number of sulfonamides is 1. The smallest absolute Gasteiger partial charge is 0.240 e. The fourth-order valence-electron chi connectivity index (χ4n) is 2.42. The second kappa shape index (κ2) is 6.91.